The number of carbonyl (C=O) groups excluding carboxylic acids is 1. The molecule has 2 aliphatic carbocycles. The Kier molecular flexibility index (Phi) is 20.8. The zero-order chi connectivity index (χ0) is 56.3. The first kappa shape index (κ1) is 60.0. The van der Waals surface area contributed by atoms with Crippen molar-refractivity contribution < 1.29 is 38.4 Å². The van der Waals surface area contributed by atoms with Gasteiger partial charge in [-0.05, 0) is 206 Å². The Morgan fingerprint density at radius 1 is 0.625 bits per heavy atom. The molecule has 0 radical (unpaired) electrons. The number of esters is 1. The highest BCUT2D eigenvalue weighted by Gasteiger charge is 2.41. The highest BCUT2D eigenvalue weighted by atomic mass is 16.6. The summed E-state index contributed by atoms with van der Waals surface area (Å²) in [5.74, 6) is -0.992. The molecule has 6 atom stereocenters. The van der Waals surface area contributed by atoms with E-state index in [9.17, 15) is 14.7 Å². The number of rotatable bonds is 20. The smallest absolute Gasteiger partial charge is 0.328 e. The average Bonchev–Trinajstić information content (AvgIpc) is 4.17. The van der Waals surface area contributed by atoms with Crippen molar-refractivity contribution in [2.24, 2.45) is 10.8 Å². The van der Waals surface area contributed by atoms with Gasteiger partial charge in [0.1, 0.15) is 17.7 Å². The molecule has 0 saturated carbocycles. The number of aromatic nitrogens is 2. The standard InChI is InChI=1S/C36H52N2O4.C32H44N2O4/c1-35(2,3)42-34(39)33(30-15-8-7-14-29(30)32-24-36(4,5)20-23-41-32)38-21-19-28(25-38)40-22-11-10-13-27-18-17-26-12-6-9-16-31(26)37-27;1-32(2)17-20-38-29(21-32)26-11-4-5-12-27(26)30(31(35)36)34-18-16-25(22-34)37-19-8-7-10-24-15-14-23-9-3-6-13-28(23)33-24/h7-8,14-15,17-18,28,32-33H,6,9-13,16,19-25H2,1-5H3;4-5,11-12,14-15,25,29-30H,3,6-10,13,16-22H2,1-2H3,(H,35,36)/t28-,32?,33?;25-,29?,30?/m11/s1. The van der Waals surface area contributed by atoms with Gasteiger partial charge in [-0.25, -0.2) is 4.79 Å². The molecule has 436 valence electrons. The number of ether oxygens (including phenoxy) is 5. The molecule has 12 heteroatoms. The van der Waals surface area contributed by atoms with Gasteiger partial charge in [0, 0.05) is 75.4 Å². The molecule has 0 spiro atoms. The molecule has 0 bridgehead atoms. The molecule has 0 amide bonds. The minimum atomic E-state index is -0.800. The van der Waals surface area contributed by atoms with Crippen molar-refractivity contribution >= 4 is 11.9 Å². The minimum absolute atomic E-state index is 0.0193. The lowest BCUT2D eigenvalue weighted by Gasteiger charge is -2.38. The molecule has 12 nitrogen and oxygen atoms in total. The molecule has 6 aliphatic rings. The Morgan fingerprint density at radius 2 is 1.07 bits per heavy atom. The van der Waals surface area contributed by atoms with Crippen LogP contribution in [0.5, 0.6) is 0 Å². The fourth-order valence-corrected chi connectivity index (χ4v) is 13.2. The van der Waals surface area contributed by atoms with Gasteiger partial charge in [-0.2, -0.15) is 0 Å². The van der Waals surface area contributed by atoms with Crippen molar-refractivity contribution in [3.8, 4) is 0 Å². The van der Waals surface area contributed by atoms with Gasteiger partial charge in [0.2, 0.25) is 0 Å². The van der Waals surface area contributed by atoms with Crippen LogP contribution in [-0.4, -0.2) is 107 Å². The molecule has 4 aliphatic heterocycles. The van der Waals surface area contributed by atoms with Crippen molar-refractivity contribution in [1.82, 2.24) is 19.8 Å². The van der Waals surface area contributed by atoms with Crippen molar-refractivity contribution in [3.05, 3.63) is 129 Å². The van der Waals surface area contributed by atoms with Crippen molar-refractivity contribution in [2.45, 2.75) is 219 Å². The Hall–Kier alpha value is -4.56. The van der Waals surface area contributed by atoms with E-state index < -0.39 is 23.7 Å². The second kappa shape index (κ2) is 27.7. The number of unbranched alkanes of at least 4 members (excludes halogenated alkanes) is 2. The summed E-state index contributed by atoms with van der Waals surface area (Å²) < 4.78 is 31.0. The third-order valence-electron chi connectivity index (χ3n) is 17.7. The maximum Gasteiger partial charge on any atom is 0.328 e. The number of carboxylic acid groups (broad SMARTS) is 1. The van der Waals surface area contributed by atoms with Gasteiger partial charge in [-0.1, -0.05) is 88.4 Å². The molecule has 2 aromatic carbocycles. The van der Waals surface area contributed by atoms with Gasteiger partial charge in [-0.15, -0.1) is 0 Å². The summed E-state index contributed by atoms with van der Waals surface area (Å²) in [5.41, 5.74) is 11.8. The summed E-state index contributed by atoms with van der Waals surface area (Å²) in [6.07, 6.45) is 21.7. The van der Waals surface area contributed by atoms with E-state index >= 15 is 0 Å². The number of carboxylic acids is 1. The molecule has 4 aromatic rings. The van der Waals surface area contributed by atoms with Crippen LogP contribution in [0.25, 0.3) is 0 Å². The lowest BCUT2D eigenvalue weighted by molar-refractivity contribution is -0.161. The SMILES string of the molecule is CC1(C)CCOC(c2ccccc2C(C(=O)O)N2CC[C@@H](OCCCCc3ccc4c(n3)CCCC4)C2)C1.CC1(C)CCOC(c2ccccc2C(C(=O)OC(C)(C)C)N2CC[C@@H](OCCCCc3ccc4c(n3)CCCC4)C2)C1. The van der Waals surface area contributed by atoms with Crippen LogP contribution in [0, 0.1) is 10.8 Å². The predicted molar refractivity (Wildman–Crippen MR) is 315 cm³/mol. The van der Waals surface area contributed by atoms with Gasteiger partial charge < -0.3 is 28.8 Å². The van der Waals surface area contributed by atoms with E-state index in [4.69, 9.17) is 33.7 Å². The molecule has 4 saturated heterocycles. The van der Waals surface area contributed by atoms with Crippen LogP contribution in [0.15, 0.2) is 72.8 Å². The van der Waals surface area contributed by atoms with Crippen molar-refractivity contribution in [3.63, 3.8) is 0 Å². The van der Waals surface area contributed by atoms with Crippen molar-refractivity contribution in [2.75, 3.05) is 52.6 Å². The Bertz CT molecular complexity index is 2660. The summed E-state index contributed by atoms with van der Waals surface area (Å²) in [7, 11) is 0. The zero-order valence-corrected chi connectivity index (χ0v) is 49.8. The molecular formula is C68H96N4O8. The number of hydrogen-bond acceptors (Lipinski definition) is 11. The summed E-state index contributed by atoms with van der Waals surface area (Å²) in [6.45, 7) is 20.8. The van der Waals surface area contributed by atoms with Gasteiger partial charge in [0.25, 0.3) is 0 Å². The predicted octanol–water partition coefficient (Wildman–Crippen LogP) is 13.4. The largest absolute Gasteiger partial charge is 0.480 e. The van der Waals surface area contributed by atoms with E-state index in [1.165, 1.54) is 72.4 Å². The van der Waals surface area contributed by atoms with Gasteiger partial charge >= 0.3 is 11.9 Å². The number of nitrogens with zero attached hydrogens (tertiary/aromatic N) is 4. The van der Waals surface area contributed by atoms with E-state index in [1.54, 1.807) is 0 Å². The Balaban J connectivity index is 0.000000195. The summed E-state index contributed by atoms with van der Waals surface area (Å²) >= 11 is 0. The van der Waals surface area contributed by atoms with E-state index in [1.807, 2.05) is 45.0 Å². The number of carbonyl (C=O) groups is 2. The molecule has 80 heavy (non-hydrogen) atoms. The molecule has 4 unspecified atom stereocenters. The van der Waals surface area contributed by atoms with Crippen LogP contribution >= 0.6 is 0 Å². The lowest BCUT2D eigenvalue weighted by Crippen LogP contribution is -2.39. The molecule has 2 aromatic heterocycles. The van der Waals surface area contributed by atoms with E-state index in [-0.39, 0.29) is 41.2 Å². The van der Waals surface area contributed by atoms with Gasteiger partial charge in [-0.3, -0.25) is 24.6 Å². The fraction of sp³-hybridized carbons (Fsp3) is 0.647. The average molecular weight is 1100 g/mol. The topological polar surface area (TPSA) is 133 Å². The number of pyridine rings is 2. The zero-order valence-electron chi connectivity index (χ0n) is 49.8. The molecular weight excluding hydrogens is 1000 g/mol. The van der Waals surface area contributed by atoms with Crippen LogP contribution < -0.4 is 0 Å². The van der Waals surface area contributed by atoms with Crippen LogP contribution in [0.1, 0.15) is 219 Å². The number of likely N-dealkylation sites (tertiary alicyclic amines) is 2. The fourth-order valence-electron chi connectivity index (χ4n) is 13.2. The maximum atomic E-state index is 13.8. The van der Waals surface area contributed by atoms with Crippen LogP contribution in [0.2, 0.25) is 0 Å². The number of benzene rings is 2. The first-order valence-corrected chi connectivity index (χ1v) is 31.0. The summed E-state index contributed by atoms with van der Waals surface area (Å²) in [6, 6.07) is 24.1. The third-order valence-corrected chi connectivity index (χ3v) is 17.7. The third kappa shape index (κ3) is 16.6. The Morgan fingerprint density at radius 3 is 1.54 bits per heavy atom. The second-order valence-corrected chi connectivity index (χ2v) is 26.6. The summed E-state index contributed by atoms with van der Waals surface area (Å²) in [5, 5.41) is 10.3. The Labute approximate surface area is 479 Å². The van der Waals surface area contributed by atoms with Crippen LogP contribution in [0.4, 0.5) is 0 Å². The van der Waals surface area contributed by atoms with E-state index in [0.717, 1.165) is 145 Å². The maximum absolute atomic E-state index is 13.8. The molecule has 10 rings (SSSR count). The lowest BCUT2D eigenvalue weighted by atomic mass is 9.79. The molecule has 6 heterocycles. The first-order chi connectivity index (χ1) is 38.5. The minimum Gasteiger partial charge on any atom is -0.480 e. The number of hydrogen-bond donors (Lipinski definition) is 1. The highest BCUT2D eigenvalue weighted by molar-refractivity contribution is 5.79. The highest BCUT2D eigenvalue weighted by Crippen LogP contribution is 2.45. The van der Waals surface area contributed by atoms with Crippen LogP contribution in [0.3, 0.4) is 0 Å². The number of fused-ring (bicyclic) bond motifs is 2. The van der Waals surface area contributed by atoms with Crippen molar-refractivity contribution in [1.29, 1.82) is 0 Å². The quantitative estimate of drug-likeness (QED) is 0.0667. The summed E-state index contributed by atoms with van der Waals surface area (Å²) in [4.78, 5) is 40.5. The van der Waals surface area contributed by atoms with E-state index in [2.05, 4.69) is 86.0 Å². The van der Waals surface area contributed by atoms with Gasteiger partial charge in [0.05, 0.1) is 24.4 Å². The monoisotopic (exact) mass is 1100 g/mol. The second-order valence-electron chi connectivity index (χ2n) is 26.6. The molecule has 1 N–H and O–H groups in total. The molecule has 4 fully saturated rings. The number of aliphatic carboxylic acids is 1. The van der Waals surface area contributed by atoms with E-state index in [0.29, 0.717) is 19.8 Å². The number of aryl methyl sites for hydroxylation is 6. The normalized spacial score (nSPS) is 23.7. The van der Waals surface area contributed by atoms with Gasteiger partial charge in [0.15, 0.2) is 0 Å². The first-order valence-electron chi connectivity index (χ1n) is 31.0. The van der Waals surface area contributed by atoms with Crippen LogP contribution in [-0.2, 0) is 71.8 Å².